The molecule has 1 saturated heterocycles. The van der Waals surface area contributed by atoms with E-state index in [0.717, 1.165) is 57.3 Å². The Bertz CT molecular complexity index is 602. The number of ether oxygens (including phenoxy) is 1. The van der Waals surface area contributed by atoms with Crippen LogP contribution in [0.25, 0.3) is 0 Å². The fourth-order valence-electron chi connectivity index (χ4n) is 3.87. The maximum atomic E-state index is 6.09. The number of nitrogens with one attached hydrogen (secondary N) is 2. The summed E-state index contributed by atoms with van der Waals surface area (Å²) in [5, 5.41) is 11.4. The first-order valence-electron chi connectivity index (χ1n) is 10.5. The normalized spacial score (nSPS) is 21.3. The van der Waals surface area contributed by atoms with Crippen molar-refractivity contribution in [1.29, 1.82) is 0 Å². The molecule has 1 fully saturated rings. The topological polar surface area (TPSA) is 63.5 Å². The summed E-state index contributed by atoms with van der Waals surface area (Å²) in [6.07, 6.45) is 3.63. The molecule has 0 spiro atoms. The molecule has 1 aliphatic rings. The summed E-state index contributed by atoms with van der Waals surface area (Å²) < 4.78 is 8.17. The molecular formula is C21H39N5O. The quantitative estimate of drug-likeness (QED) is 0.435. The lowest BCUT2D eigenvalue weighted by Gasteiger charge is -2.39. The Morgan fingerprint density at radius 2 is 2.11 bits per heavy atom. The van der Waals surface area contributed by atoms with Crippen molar-refractivity contribution in [2.75, 3.05) is 26.2 Å². The lowest BCUT2D eigenvalue weighted by Crippen LogP contribution is -2.43. The highest BCUT2D eigenvalue weighted by atomic mass is 16.5. The third-order valence-electron chi connectivity index (χ3n) is 5.07. The second-order valence-electron chi connectivity index (χ2n) is 8.71. The molecule has 2 atom stereocenters. The van der Waals surface area contributed by atoms with E-state index in [0.29, 0.717) is 5.92 Å². The van der Waals surface area contributed by atoms with Crippen LogP contribution in [-0.4, -0.2) is 48.1 Å². The zero-order valence-electron chi connectivity index (χ0n) is 18.1. The Kier molecular flexibility index (Phi) is 8.14. The molecule has 6 heteroatoms. The molecule has 1 aromatic heterocycles. The minimum atomic E-state index is 0.159. The zero-order chi connectivity index (χ0) is 19.9. The van der Waals surface area contributed by atoms with Gasteiger partial charge in [0.2, 0.25) is 0 Å². The smallest absolute Gasteiger partial charge is 0.191 e. The highest BCUT2D eigenvalue weighted by Crippen LogP contribution is 2.34. The van der Waals surface area contributed by atoms with Gasteiger partial charge in [0.05, 0.1) is 11.8 Å². The van der Waals surface area contributed by atoms with E-state index < -0.39 is 0 Å². The van der Waals surface area contributed by atoms with Crippen LogP contribution in [-0.2, 0) is 11.3 Å². The van der Waals surface area contributed by atoms with Crippen LogP contribution in [0.3, 0.4) is 0 Å². The molecule has 27 heavy (non-hydrogen) atoms. The molecule has 0 aliphatic carbocycles. The minimum Gasteiger partial charge on any atom is -0.377 e. The first-order valence-corrected chi connectivity index (χ1v) is 10.5. The van der Waals surface area contributed by atoms with E-state index in [1.54, 1.807) is 0 Å². The summed E-state index contributed by atoms with van der Waals surface area (Å²) >= 11 is 0. The van der Waals surface area contributed by atoms with Gasteiger partial charge in [-0.1, -0.05) is 20.8 Å². The van der Waals surface area contributed by atoms with Gasteiger partial charge < -0.3 is 15.4 Å². The predicted molar refractivity (Wildman–Crippen MR) is 112 cm³/mol. The highest BCUT2D eigenvalue weighted by molar-refractivity contribution is 5.79. The van der Waals surface area contributed by atoms with Gasteiger partial charge in [-0.15, -0.1) is 0 Å². The molecule has 154 valence electrons. The Hall–Kier alpha value is -1.56. The van der Waals surface area contributed by atoms with Gasteiger partial charge in [0.25, 0.3) is 0 Å². The molecule has 2 rings (SSSR count). The molecule has 0 bridgehead atoms. The summed E-state index contributed by atoms with van der Waals surface area (Å²) in [6, 6.07) is 2.12. The van der Waals surface area contributed by atoms with Crippen LogP contribution >= 0.6 is 0 Å². The van der Waals surface area contributed by atoms with E-state index in [-0.39, 0.29) is 11.5 Å². The molecule has 0 saturated carbocycles. The number of aromatic nitrogens is 2. The van der Waals surface area contributed by atoms with Crippen molar-refractivity contribution in [3.63, 3.8) is 0 Å². The minimum absolute atomic E-state index is 0.159. The molecule has 1 aromatic rings. The number of rotatable bonds is 7. The van der Waals surface area contributed by atoms with E-state index in [2.05, 4.69) is 61.1 Å². The van der Waals surface area contributed by atoms with Crippen molar-refractivity contribution >= 4 is 5.96 Å². The monoisotopic (exact) mass is 377 g/mol. The third kappa shape index (κ3) is 6.83. The van der Waals surface area contributed by atoms with Gasteiger partial charge in [0, 0.05) is 44.4 Å². The first kappa shape index (κ1) is 21.7. The van der Waals surface area contributed by atoms with Gasteiger partial charge in [-0.25, -0.2) is 0 Å². The SMILES string of the molecule is CCNC(=NCC1CCCOC1C(C)(C)C)NCCCn1nc(C)cc1C. The maximum Gasteiger partial charge on any atom is 0.191 e. The summed E-state index contributed by atoms with van der Waals surface area (Å²) in [7, 11) is 0. The van der Waals surface area contributed by atoms with Crippen LogP contribution < -0.4 is 10.6 Å². The van der Waals surface area contributed by atoms with Gasteiger partial charge in [0.15, 0.2) is 5.96 Å². The number of nitrogens with zero attached hydrogens (tertiary/aromatic N) is 3. The lowest BCUT2D eigenvalue weighted by atomic mass is 9.78. The third-order valence-corrected chi connectivity index (χ3v) is 5.07. The molecule has 0 radical (unpaired) electrons. The van der Waals surface area contributed by atoms with Crippen molar-refractivity contribution in [2.24, 2.45) is 16.3 Å². The van der Waals surface area contributed by atoms with Crippen LogP contribution in [0.5, 0.6) is 0 Å². The molecule has 0 amide bonds. The fraction of sp³-hybridized carbons (Fsp3) is 0.810. The van der Waals surface area contributed by atoms with E-state index in [9.17, 15) is 0 Å². The molecule has 2 N–H and O–H groups in total. The standard InChI is InChI=1S/C21H39N5O/c1-7-22-20(23-11-9-12-26-17(3)14-16(2)25-26)24-15-18-10-8-13-27-19(18)21(4,5)6/h14,18-19H,7-13,15H2,1-6H3,(H2,22,23,24). The Balaban J connectivity index is 1.84. The van der Waals surface area contributed by atoms with Crippen LogP contribution in [0.1, 0.15) is 58.3 Å². The van der Waals surface area contributed by atoms with Crippen molar-refractivity contribution in [3.05, 3.63) is 17.5 Å². The van der Waals surface area contributed by atoms with Gasteiger partial charge in [-0.2, -0.15) is 5.10 Å². The van der Waals surface area contributed by atoms with Crippen molar-refractivity contribution in [2.45, 2.75) is 73.5 Å². The van der Waals surface area contributed by atoms with Gasteiger partial charge in [0.1, 0.15) is 0 Å². The number of hydrogen-bond acceptors (Lipinski definition) is 3. The predicted octanol–water partition coefficient (Wildman–Crippen LogP) is 3.29. The number of aliphatic imine (C=N–C) groups is 1. The van der Waals surface area contributed by atoms with E-state index in [4.69, 9.17) is 9.73 Å². The zero-order valence-corrected chi connectivity index (χ0v) is 18.1. The van der Waals surface area contributed by atoms with Crippen molar-refractivity contribution < 1.29 is 4.74 Å². The van der Waals surface area contributed by atoms with E-state index >= 15 is 0 Å². The van der Waals surface area contributed by atoms with Crippen LogP contribution in [0.2, 0.25) is 0 Å². The number of hydrogen-bond donors (Lipinski definition) is 2. The van der Waals surface area contributed by atoms with Crippen molar-refractivity contribution in [3.8, 4) is 0 Å². The average Bonchev–Trinajstić information content (AvgIpc) is 2.93. The van der Waals surface area contributed by atoms with Gasteiger partial charge in [-0.3, -0.25) is 9.67 Å². The molecule has 2 unspecified atom stereocenters. The van der Waals surface area contributed by atoms with Crippen LogP contribution in [0, 0.1) is 25.2 Å². The molecule has 6 nitrogen and oxygen atoms in total. The Morgan fingerprint density at radius 3 is 2.74 bits per heavy atom. The van der Waals surface area contributed by atoms with Crippen LogP contribution in [0.15, 0.2) is 11.1 Å². The highest BCUT2D eigenvalue weighted by Gasteiger charge is 2.35. The summed E-state index contributed by atoms with van der Waals surface area (Å²) in [6.45, 7) is 17.4. The second-order valence-corrected chi connectivity index (χ2v) is 8.71. The Labute approximate surface area is 165 Å². The average molecular weight is 378 g/mol. The molecule has 1 aliphatic heterocycles. The summed E-state index contributed by atoms with van der Waals surface area (Å²) in [5.41, 5.74) is 2.46. The first-order chi connectivity index (χ1) is 12.8. The largest absolute Gasteiger partial charge is 0.377 e. The molecular weight excluding hydrogens is 338 g/mol. The second kappa shape index (κ2) is 10.1. The van der Waals surface area contributed by atoms with Crippen molar-refractivity contribution in [1.82, 2.24) is 20.4 Å². The fourth-order valence-corrected chi connectivity index (χ4v) is 3.87. The number of guanidine groups is 1. The number of aryl methyl sites for hydroxylation is 3. The van der Waals surface area contributed by atoms with E-state index in [1.165, 1.54) is 12.1 Å². The molecule has 0 aromatic carbocycles. The maximum absolute atomic E-state index is 6.09. The summed E-state index contributed by atoms with van der Waals surface area (Å²) in [4.78, 5) is 4.86. The van der Waals surface area contributed by atoms with Gasteiger partial charge in [-0.05, 0) is 51.5 Å². The lowest BCUT2D eigenvalue weighted by molar-refractivity contribution is -0.0823. The van der Waals surface area contributed by atoms with E-state index in [1.807, 2.05) is 6.92 Å². The van der Waals surface area contributed by atoms with Gasteiger partial charge >= 0.3 is 0 Å². The molecule has 2 heterocycles. The Morgan fingerprint density at radius 1 is 1.33 bits per heavy atom. The van der Waals surface area contributed by atoms with Crippen LogP contribution in [0.4, 0.5) is 0 Å². The summed E-state index contributed by atoms with van der Waals surface area (Å²) in [5.74, 6) is 1.40.